The number of halogens is 1. The molecule has 0 unspecified atom stereocenters. The van der Waals surface area contributed by atoms with Crippen LogP contribution in [0.4, 0.5) is 4.39 Å². The topological polar surface area (TPSA) is 53.6 Å². The minimum Gasteiger partial charge on any atom is -0.375 e. The third-order valence-electron chi connectivity index (χ3n) is 3.74. The van der Waals surface area contributed by atoms with Gasteiger partial charge in [-0.25, -0.2) is 4.39 Å². The summed E-state index contributed by atoms with van der Waals surface area (Å²) in [5.74, 6) is 0.582. The number of benzene rings is 1. The third-order valence-corrected chi connectivity index (χ3v) is 3.83. The molecule has 21 heavy (non-hydrogen) atoms. The van der Waals surface area contributed by atoms with Crippen molar-refractivity contribution >= 4 is 23.5 Å². The lowest BCUT2D eigenvalue weighted by atomic mass is 9.98. The second kappa shape index (κ2) is 7.47. The van der Waals surface area contributed by atoms with E-state index in [0.717, 1.165) is 24.6 Å². The van der Waals surface area contributed by atoms with Gasteiger partial charge in [-0.1, -0.05) is 19.1 Å². The highest BCUT2D eigenvalue weighted by molar-refractivity contribution is 7.80. The lowest BCUT2D eigenvalue weighted by Crippen LogP contribution is -2.32. The summed E-state index contributed by atoms with van der Waals surface area (Å²) in [5, 5.41) is 3.90. The van der Waals surface area contributed by atoms with Gasteiger partial charge in [-0.05, 0) is 55.7 Å². The van der Waals surface area contributed by atoms with Crippen molar-refractivity contribution in [3.05, 3.63) is 35.1 Å². The molecule has 0 spiro atoms. The zero-order chi connectivity index (χ0) is 15.2. The number of nitrogens with one attached hydrogen (secondary N) is 1. The maximum absolute atomic E-state index is 14.1. The number of hydrazone groups is 1. The number of nitrogens with two attached hydrogens (primary N) is 1. The second-order valence-corrected chi connectivity index (χ2v) is 5.98. The molecule has 1 heterocycles. The summed E-state index contributed by atoms with van der Waals surface area (Å²) in [4.78, 5) is 2.31. The van der Waals surface area contributed by atoms with Crippen LogP contribution in [0.5, 0.6) is 0 Å². The predicted octanol–water partition coefficient (Wildman–Crippen LogP) is 2.22. The van der Waals surface area contributed by atoms with Crippen LogP contribution in [0.1, 0.15) is 30.9 Å². The molecule has 2 rings (SSSR count). The van der Waals surface area contributed by atoms with E-state index in [-0.39, 0.29) is 10.9 Å². The molecule has 0 amide bonds. The van der Waals surface area contributed by atoms with Crippen LogP contribution < -0.4 is 11.2 Å². The first-order valence-corrected chi connectivity index (χ1v) is 7.54. The van der Waals surface area contributed by atoms with Gasteiger partial charge in [0.05, 0.1) is 6.21 Å². The van der Waals surface area contributed by atoms with E-state index in [2.05, 4.69) is 34.6 Å². The number of piperidine rings is 1. The van der Waals surface area contributed by atoms with Crippen LogP contribution in [0.3, 0.4) is 0 Å². The average molecular weight is 308 g/mol. The average Bonchev–Trinajstić information content (AvgIpc) is 2.44. The summed E-state index contributed by atoms with van der Waals surface area (Å²) >= 11 is 4.63. The summed E-state index contributed by atoms with van der Waals surface area (Å²) in [5.41, 5.74) is 9.10. The molecule has 4 nitrogen and oxygen atoms in total. The van der Waals surface area contributed by atoms with Gasteiger partial charge in [0.1, 0.15) is 5.82 Å². The molecule has 1 aliphatic rings. The molecule has 1 saturated heterocycles. The number of likely N-dealkylation sites (tertiary alicyclic amines) is 1. The van der Waals surface area contributed by atoms with Gasteiger partial charge in [-0.2, -0.15) is 5.10 Å². The molecule has 0 radical (unpaired) electrons. The molecule has 3 N–H and O–H groups in total. The highest BCUT2D eigenvalue weighted by atomic mass is 32.1. The number of hydrogen-bond donors (Lipinski definition) is 2. The smallest absolute Gasteiger partial charge is 0.184 e. The van der Waals surface area contributed by atoms with E-state index in [0.29, 0.717) is 12.1 Å². The van der Waals surface area contributed by atoms with E-state index in [9.17, 15) is 4.39 Å². The Balaban J connectivity index is 1.95. The first-order chi connectivity index (χ1) is 10.0. The Bertz CT molecular complexity index is 524. The van der Waals surface area contributed by atoms with Gasteiger partial charge in [0.15, 0.2) is 5.11 Å². The molecule has 0 atom stereocenters. The summed E-state index contributed by atoms with van der Waals surface area (Å²) in [6.07, 6.45) is 3.88. The van der Waals surface area contributed by atoms with E-state index in [1.165, 1.54) is 25.1 Å². The monoisotopic (exact) mass is 308 g/mol. The van der Waals surface area contributed by atoms with Gasteiger partial charge >= 0.3 is 0 Å². The summed E-state index contributed by atoms with van der Waals surface area (Å²) in [7, 11) is 0. The Hall–Kier alpha value is -1.53. The van der Waals surface area contributed by atoms with Crippen LogP contribution >= 0.6 is 12.2 Å². The largest absolute Gasteiger partial charge is 0.375 e. The summed E-state index contributed by atoms with van der Waals surface area (Å²) < 4.78 is 14.1. The third kappa shape index (κ3) is 5.06. The molecular formula is C15H21FN4S. The van der Waals surface area contributed by atoms with Crippen molar-refractivity contribution in [1.29, 1.82) is 0 Å². The van der Waals surface area contributed by atoms with E-state index >= 15 is 0 Å². The van der Waals surface area contributed by atoms with Crippen molar-refractivity contribution in [1.82, 2.24) is 10.3 Å². The Labute approximate surface area is 130 Å². The van der Waals surface area contributed by atoms with E-state index in [4.69, 9.17) is 5.73 Å². The van der Waals surface area contributed by atoms with Crippen molar-refractivity contribution in [2.45, 2.75) is 26.3 Å². The zero-order valence-electron chi connectivity index (χ0n) is 12.2. The first-order valence-electron chi connectivity index (χ1n) is 7.14. The molecule has 0 bridgehead atoms. The van der Waals surface area contributed by atoms with Gasteiger partial charge in [-0.3, -0.25) is 10.3 Å². The predicted molar refractivity (Wildman–Crippen MR) is 87.6 cm³/mol. The minimum atomic E-state index is -0.201. The summed E-state index contributed by atoms with van der Waals surface area (Å²) in [6, 6.07) is 5.14. The molecule has 0 saturated carbocycles. The molecule has 1 aromatic carbocycles. The fourth-order valence-corrected chi connectivity index (χ4v) is 2.46. The van der Waals surface area contributed by atoms with Crippen LogP contribution in [-0.2, 0) is 6.54 Å². The maximum Gasteiger partial charge on any atom is 0.184 e. The molecule has 1 aliphatic heterocycles. The maximum atomic E-state index is 14.1. The molecule has 1 fully saturated rings. The van der Waals surface area contributed by atoms with Crippen molar-refractivity contribution in [2.24, 2.45) is 16.8 Å². The number of hydrogen-bond acceptors (Lipinski definition) is 3. The van der Waals surface area contributed by atoms with Gasteiger partial charge in [0.25, 0.3) is 0 Å². The Morgan fingerprint density at radius 3 is 2.86 bits per heavy atom. The standard InChI is InChI=1S/C15H21FN4S/c1-11-4-6-20(7-5-11)10-13-3-2-12(8-14(13)16)9-18-19-15(17)21/h2-3,8-9,11H,4-7,10H2,1H3,(H3,17,19,21). The van der Waals surface area contributed by atoms with Crippen LogP contribution in [0.25, 0.3) is 0 Å². The van der Waals surface area contributed by atoms with Crippen molar-refractivity contribution in [3.8, 4) is 0 Å². The fraction of sp³-hybridized carbons (Fsp3) is 0.467. The van der Waals surface area contributed by atoms with E-state index < -0.39 is 0 Å². The lowest BCUT2D eigenvalue weighted by Gasteiger charge is -2.30. The summed E-state index contributed by atoms with van der Waals surface area (Å²) in [6.45, 7) is 5.03. The van der Waals surface area contributed by atoms with Gasteiger partial charge in [-0.15, -0.1) is 0 Å². The quantitative estimate of drug-likeness (QED) is 0.509. The zero-order valence-corrected chi connectivity index (χ0v) is 13.0. The molecule has 1 aromatic rings. The van der Waals surface area contributed by atoms with Crippen LogP contribution in [0, 0.1) is 11.7 Å². The Kier molecular flexibility index (Phi) is 5.64. The molecular weight excluding hydrogens is 287 g/mol. The van der Waals surface area contributed by atoms with Crippen molar-refractivity contribution in [3.63, 3.8) is 0 Å². The normalized spacial score (nSPS) is 17.2. The lowest BCUT2D eigenvalue weighted by molar-refractivity contribution is 0.183. The molecule has 6 heteroatoms. The van der Waals surface area contributed by atoms with Gasteiger partial charge in [0.2, 0.25) is 0 Å². The molecule has 0 aliphatic carbocycles. The first kappa shape index (κ1) is 15.9. The Morgan fingerprint density at radius 2 is 2.24 bits per heavy atom. The number of nitrogens with zero attached hydrogens (tertiary/aromatic N) is 2. The second-order valence-electron chi connectivity index (χ2n) is 5.54. The minimum absolute atomic E-state index is 0.0858. The fourth-order valence-electron chi connectivity index (χ4n) is 2.40. The Morgan fingerprint density at radius 1 is 1.52 bits per heavy atom. The van der Waals surface area contributed by atoms with Gasteiger partial charge in [0, 0.05) is 12.1 Å². The van der Waals surface area contributed by atoms with Crippen molar-refractivity contribution < 1.29 is 4.39 Å². The van der Waals surface area contributed by atoms with Crippen LogP contribution in [0.15, 0.2) is 23.3 Å². The van der Waals surface area contributed by atoms with Gasteiger partial charge < -0.3 is 5.73 Å². The number of thiocarbonyl (C=S) groups is 1. The van der Waals surface area contributed by atoms with Crippen LogP contribution in [-0.4, -0.2) is 29.3 Å². The molecule has 114 valence electrons. The number of rotatable bonds is 4. The van der Waals surface area contributed by atoms with Crippen molar-refractivity contribution in [2.75, 3.05) is 13.1 Å². The SMILES string of the molecule is CC1CCN(Cc2ccc(C=NNC(N)=S)cc2F)CC1. The van der Waals surface area contributed by atoms with Crippen LogP contribution in [0.2, 0.25) is 0 Å². The van der Waals surface area contributed by atoms with E-state index in [1.54, 1.807) is 0 Å². The highest BCUT2D eigenvalue weighted by Gasteiger charge is 2.16. The highest BCUT2D eigenvalue weighted by Crippen LogP contribution is 2.19. The van der Waals surface area contributed by atoms with E-state index in [1.807, 2.05) is 12.1 Å². The molecule has 0 aromatic heterocycles.